The van der Waals surface area contributed by atoms with E-state index in [0.717, 1.165) is 0 Å². The van der Waals surface area contributed by atoms with Crippen LogP contribution in [0.2, 0.25) is 0 Å². The Hall–Kier alpha value is -1.22. The summed E-state index contributed by atoms with van der Waals surface area (Å²) in [6.45, 7) is 0. The molecule has 3 nitrogen and oxygen atoms in total. The third kappa shape index (κ3) is 1.92. The molecular formula is C9H9ClO3. The molecule has 70 valence electrons. The van der Waals surface area contributed by atoms with Crippen molar-refractivity contribution < 1.29 is 14.6 Å². The number of rotatable bonds is 3. The largest absolute Gasteiger partial charge is 0.496 e. The number of hydrogen-bond acceptors (Lipinski definition) is 2. The molecule has 4 heteroatoms. The third-order valence-corrected chi connectivity index (χ3v) is 1.98. The van der Waals surface area contributed by atoms with Crippen LogP contribution >= 0.6 is 11.6 Å². The molecule has 0 amide bonds. The molecule has 0 spiro atoms. The maximum absolute atomic E-state index is 10.8. The van der Waals surface area contributed by atoms with Gasteiger partial charge in [-0.2, -0.15) is 0 Å². The zero-order chi connectivity index (χ0) is 9.84. The van der Waals surface area contributed by atoms with Gasteiger partial charge in [0.1, 0.15) is 11.3 Å². The lowest BCUT2D eigenvalue weighted by atomic mass is 10.1. The van der Waals surface area contributed by atoms with E-state index in [-0.39, 0.29) is 11.4 Å². The van der Waals surface area contributed by atoms with Crippen LogP contribution in [0.25, 0.3) is 0 Å². The number of carboxylic acid groups (broad SMARTS) is 1. The molecule has 0 heterocycles. The van der Waals surface area contributed by atoms with E-state index in [1.807, 2.05) is 0 Å². The molecule has 0 saturated carbocycles. The average Bonchev–Trinajstić information content (AvgIpc) is 2.16. The van der Waals surface area contributed by atoms with Crippen LogP contribution in [0.5, 0.6) is 5.75 Å². The SMILES string of the molecule is COc1cccc(CCl)c1C(=O)O. The van der Waals surface area contributed by atoms with E-state index >= 15 is 0 Å². The number of aromatic carboxylic acids is 1. The predicted octanol–water partition coefficient (Wildman–Crippen LogP) is 2.13. The van der Waals surface area contributed by atoms with Crippen molar-refractivity contribution in [3.05, 3.63) is 29.3 Å². The minimum Gasteiger partial charge on any atom is -0.496 e. The molecule has 0 fully saturated rings. The number of halogens is 1. The van der Waals surface area contributed by atoms with Crippen molar-refractivity contribution in [3.8, 4) is 5.75 Å². The van der Waals surface area contributed by atoms with Gasteiger partial charge in [0.05, 0.1) is 7.11 Å². The van der Waals surface area contributed by atoms with E-state index < -0.39 is 5.97 Å². The first-order chi connectivity index (χ1) is 6.20. The first-order valence-corrected chi connectivity index (χ1v) is 4.19. The van der Waals surface area contributed by atoms with E-state index in [4.69, 9.17) is 21.4 Å². The normalized spacial score (nSPS) is 9.69. The molecule has 0 unspecified atom stereocenters. The highest BCUT2D eigenvalue weighted by Crippen LogP contribution is 2.23. The Morgan fingerprint density at radius 1 is 1.62 bits per heavy atom. The summed E-state index contributed by atoms with van der Waals surface area (Å²) in [4.78, 5) is 10.8. The molecule has 1 rings (SSSR count). The highest BCUT2D eigenvalue weighted by Gasteiger charge is 2.14. The van der Waals surface area contributed by atoms with Crippen LogP contribution in [-0.4, -0.2) is 18.2 Å². The van der Waals surface area contributed by atoms with Crippen LogP contribution in [-0.2, 0) is 5.88 Å². The maximum atomic E-state index is 10.8. The molecule has 13 heavy (non-hydrogen) atoms. The van der Waals surface area contributed by atoms with Gasteiger partial charge >= 0.3 is 5.97 Å². The molecule has 1 N–H and O–H groups in total. The maximum Gasteiger partial charge on any atom is 0.339 e. The lowest BCUT2D eigenvalue weighted by molar-refractivity contribution is 0.0692. The van der Waals surface area contributed by atoms with Crippen molar-refractivity contribution in [2.24, 2.45) is 0 Å². The van der Waals surface area contributed by atoms with Crippen molar-refractivity contribution >= 4 is 17.6 Å². The number of carboxylic acids is 1. The Balaban J connectivity index is 3.29. The first kappa shape index (κ1) is 9.86. The summed E-state index contributed by atoms with van der Waals surface area (Å²) in [6, 6.07) is 4.97. The van der Waals surface area contributed by atoms with Gasteiger partial charge in [0.25, 0.3) is 0 Å². The number of benzene rings is 1. The van der Waals surface area contributed by atoms with Crippen molar-refractivity contribution in [1.29, 1.82) is 0 Å². The summed E-state index contributed by atoms with van der Waals surface area (Å²) in [5.41, 5.74) is 0.702. The second-order valence-electron chi connectivity index (χ2n) is 2.43. The standard InChI is InChI=1S/C9H9ClO3/c1-13-7-4-2-3-6(5-10)8(7)9(11)12/h2-4H,5H2,1H3,(H,11,12). The first-order valence-electron chi connectivity index (χ1n) is 3.65. The molecule has 0 aliphatic rings. The Labute approximate surface area is 80.9 Å². The molecule has 0 atom stereocenters. The van der Waals surface area contributed by atoms with Crippen LogP contribution in [0.3, 0.4) is 0 Å². The summed E-state index contributed by atoms with van der Waals surface area (Å²) in [6.07, 6.45) is 0. The fraction of sp³-hybridized carbons (Fsp3) is 0.222. The van der Waals surface area contributed by atoms with Gasteiger partial charge in [-0.25, -0.2) is 4.79 Å². The van der Waals surface area contributed by atoms with E-state index in [0.29, 0.717) is 11.3 Å². The third-order valence-electron chi connectivity index (χ3n) is 1.69. The van der Waals surface area contributed by atoms with E-state index in [1.54, 1.807) is 18.2 Å². The van der Waals surface area contributed by atoms with Crippen LogP contribution in [0, 0.1) is 0 Å². The van der Waals surface area contributed by atoms with Crippen molar-refractivity contribution in [1.82, 2.24) is 0 Å². The lowest BCUT2D eigenvalue weighted by Crippen LogP contribution is -2.04. The monoisotopic (exact) mass is 200 g/mol. The van der Waals surface area contributed by atoms with Crippen LogP contribution in [0.15, 0.2) is 18.2 Å². The van der Waals surface area contributed by atoms with Gasteiger partial charge < -0.3 is 9.84 Å². The fourth-order valence-electron chi connectivity index (χ4n) is 1.10. The van der Waals surface area contributed by atoms with Crippen LogP contribution in [0.4, 0.5) is 0 Å². The Morgan fingerprint density at radius 2 is 2.31 bits per heavy atom. The average molecular weight is 201 g/mol. The summed E-state index contributed by atoms with van der Waals surface area (Å²) in [5.74, 6) is -0.516. The highest BCUT2D eigenvalue weighted by molar-refractivity contribution is 6.17. The summed E-state index contributed by atoms with van der Waals surface area (Å²) >= 11 is 5.59. The molecule has 0 aromatic heterocycles. The van der Waals surface area contributed by atoms with Gasteiger partial charge in [0.2, 0.25) is 0 Å². The minimum atomic E-state index is -1.02. The van der Waals surface area contributed by atoms with E-state index in [1.165, 1.54) is 7.11 Å². The molecule has 0 radical (unpaired) electrons. The lowest BCUT2D eigenvalue weighted by Gasteiger charge is -2.07. The number of hydrogen-bond donors (Lipinski definition) is 1. The highest BCUT2D eigenvalue weighted by atomic mass is 35.5. The number of ether oxygens (including phenoxy) is 1. The Morgan fingerprint density at radius 3 is 2.77 bits per heavy atom. The smallest absolute Gasteiger partial charge is 0.339 e. The Bertz CT molecular complexity index is 300. The zero-order valence-electron chi connectivity index (χ0n) is 7.08. The quantitative estimate of drug-likeness (QED) is 0.761. The predicted molar refractivity (Wildman–Crippen MR) is 49.5 cm³/mol. The topological polar surface area (TPSA) is 46.5 Å². The Kier molecular flexibility index (Phi) is 3.14. The summed E-state index contributed by atoms with van der Waals surface area (Å²) in [7, 11) is 1.43. The van der Waals surface area contributed by atoms with Crippen molar-refractivity contribution in [2.45, 2.75) is 5.88 Å². The number of carbonyl (C=O) groups is 1. The van der Waals surface area contributed by atoms with Gasteiger partial charge in [0.15, 0.2) is 0 Å². The van der Waals surface area contributed by atoms with Crippen molar-refractivity contribution in [2.75, 3.05) is 7.11 Å². The molecule has 1 aromatic carbocycles. The molecule has 0 saturated heterocycles. The van der Waals surface area contributed by atoms with Crippen LogP contribution in [0.1, 0.15) is 15.9 Å². The fourth-order valence-corrected chi connectivity index (χ4v) is 1.32. The van der Waals surface area contributed by atoms with Gasteiger partial charge in [-0.1, -0.05) is 12.1 Å². The van der Waals surface area contributed by atoms with E-state index in [9.17, 15) is 4.79 Å². The summed E-state index contributed by atoms with van der Waals surface area (Å²) < 4.78 is 4.91. The summed E-state index contributed by atoms with van der Waals surface area (Å²) in [5, 5.41) is 8.87. The molecular weight excluding hydrogens is 192 g/mol. The molecule has 0 bridgehead atoms. The van der Waals surface area contributed by atoms with Gasteiger partial charge in [-0.15, -0.1) is 11.6 Å². The van der Waals surface area contributed by atoms with Gasteiger partial charge in [-0.05, 0) is 11.6 Å². The van der Waals surface area contributed by atoms with E-state index in [2.05, 4.69) is 0 Å². The molecule has 0 aliphatic carbocycles. The van der Waals surface area contributed by atoms with Gasteiger partial charge in [-0.3, -0.25) is 0 Å². The second kappa shape index (κ2) is 4.14. The van der Waals surface area contributed by atoms with Crippen molar-refractivity contribution in [3.63, 3.8) is 0 Å². The molecule has 0 aliphatic heterocycles. The number of methoxy groups -OCH3 is 1. The second-order valence-corrected chi connectivity index (χ2v) is 2.70. The zero-order valence-corrected chi connectivity index (χ0v) is 7.84. The van der Waals surface area contributed by atoms with Gasteiger partial charge in [0, 0.05) is 5.88 Å². The molecule has 1 aromatic rings. The number of alkyl halides is 1. The van der Waals surface area contributed by atoms with Crippen LogP contribution < -0.4 is 4.74 Å². The minimum absolute atomic E-state index is 0.139.